The molecule has 2 aromatic heterocycles. The van der Waals surface area contributed by atoms with Gasteiger partial charge in [-0.15, -0.1) is 0 Å². The van der Waals surface area contributed by atoms with E-state index in [2.05, 4.69) is 20.5 Å². The molecule has 0 unspecified atom stereocenters. The molecule has 0 saturated carbocycles. The topological polar surface area (TPSA) is 70.7 Å². The Bertz CT molecular complexity index is 707. The van der Waals surface area contributed by atoms with Crippen LogP contribution in [0.2, 0.25) is 0 Å². The third-order valence-corrected chi connectivity index (χ3v) is 2.83. The van der Waals surface area contributed by atoms with Gasteiger partial charge in [-0.3, -0.25) is 14.9 Å². The average molecular weight is 264 g/mol. The summed E-state index contributed by atoms with van der Waals surface area (Å²) in [5.74, 6) is -0.266. The number of benzene rings is 1. The van der Waals surface area contributed by atoms with Crippen molar-refractivity contribution in [2.75, 3.05) is 5.32 Å². The molecular formula is C15H12N4O. The van der Waals surface area contributed by atoms with Crippen molar-refractivity contribution in [1.82, 2.24) is 15.2 Å². The van der Waals surface area contributed by atoms with E-state index in [4.69, 9.17) is 0 Å². The van der Waals surface area contributed by atoms with Crippen molar-refractivity contribution in [3.8, 4) is 11.3 Å². The number of carbonyl (C=O) groups is 1. The van der Waals surface area contributed by atoms with Crippen molar-refractivity contribution >= 4 is 11.6 Å². The van der Waals surface area contributed by atoms with Crippen molar-refractivity contribution < 1.29 is 4.79 Å². The highest BCUT2D eigenvalue weighted by Crippen LogP contribution is 2.20. The second-order valence-corrected chi connectivity index (χ2v) is 4.18. The van der Waals surface area contributed by atoms with Crippen molar-refractivity contribution in [1.29, 1.82) is 0 Å². The largest absolute Gasteiger partial charge is 0.321 e. The van der Waals surface area contributed by atoms with Crippen LogP contribution < -0.4 is 5.32 Å². The van der Waals surface area contributed by atoms with Gasteiger partial charge in [-0.2, -0.15) is 5.10 Å². The first-order chi connectivity index (χ1) is 9.84. The van der Waals surface area contributed by atoms with Crippen LogP contribution in [0.3, 0.4) is 0 Å². The van der Waals surface area contributed by atoms with Crippen LogP contribution in [0.5, 0.6) is 0 Å². The molecule has 0 radical (unpaired) electrons. The number of aromatic amines is 1. The molecule has 0 spiro atoms. The maximum absolute atomic E-state index is 12.2. The van der Waals surface area contributed by atoms with Gasteiger partial charge < -0.3 is 5.32 Å². The van der Waals surface area contributed by atoms with Gasteiger partial charge in [-0.25, -0.2) is 0 Å². The van der Waals surface area contributed by atoms with E-state index in [-0.39, 0.29) is 5.91 Å². The molecule has 0 aliphatic rings. The number of rotatable bonds is 3. The minimum Gasteiger partial charge on any atom is -0.321 e. The zero-order chi connectivity index (χ0) is 13.8. The predicted molar refractivity (Wildman–Crippen MR) is 76.2 cm³/mol. The van der Waals surface area contributed by atoms with Crippen LogP contribution in [0.25, 0.3) is 11.3 Å². The highest BCUT2D eigenvalue weighted by atomic mass is 16.1. The van der Waals surface area contributed by atoms with Gasteiger partial charge in [0.1, 0.15) is 0 Å². The minimum atomic E-state index is -0.266. The highest BCUT2D eigenvalue weighted by molar-refractivity contribution is 6.06. The number of amides is 1. The molecule has 3 aromatic rings. The van der Waals surface area contributed by atoms with Crippen molar-refractivity contribution in [3.05, 3.63) is 66.6 Å². The number of aromatic nitrogens is 3. The first-order valence-electron chi connectivity index (χ1n) is 6.16. The average Bonchev–Trinajstić information content (AvgIpc) is 2.99. The molecule has 5 heteroatoms. The van der Waals surface area contributed by atoms with Crippen LogP contribution in [0, 0.1) is 0 Å². The molecule has 98 valence electrons. The van der Waals surface area contributed by atoms with Gasteiger partial charge in [0.15, 0.2) is 5.69 Å². The van der Waals surface area contributed by atoms with E-state index in [0.717, 1.165) is 5.69 Å². The lowest BCUT2D eigenvalue weighted by Crippen LogP contribution is -2.13. The van der Waals surface area contributed by atoms with Crippen LogP contribution in [-0.2, 0) is 0 Å². The van der Waals surface area contributed by atoms with E-state index in [1.165, 1.54) is 0 Å². The molecule has 3 rings (SSSR count). The van der Waals surface area contributed by atoms with E-state index in [1.54, 1.807) is 12.4 Å². The first-order valence-corrected chi connectivity index (χ1v) is 6.16. The van der Waals surface area contributed by atoms with Gasteiger partial charge in [-0.1, -0.05) is 24.3 Å². The number of pyridine rings is 1. The van der Waals surface area contributed by atoms with E-state index in [9.17, 15) is 4.79 Å². The maximum atomic E-state index is 12.2. The van der Waals surface area contributed by atoms with Crippen LogP contribution in [0.15, 0.2) is 60.9 Å². The Kier molecular flexibility index (Phi) is 3.24. The summed E-state index contributed by atoms with van der Waals surface area (Å²) in [6.07, 6.45) is 3.35. The van der Waals surface area contributed by atoms with Crippen LogP contribution in [0.4, 0.5) is 5.69 Å². The molecule has 20 heavy (non-hydrogen) atoms. The summed E-state index contributed by atoms with van der Waals surface area (Å²) in [7, 11) is 0. The molecule has 0 fully saturated rings. The van der Waals surface area contributed by atoms with Gasteiger partial charge >= 0.3 is 0 Å². The van der Waals surface area contributed by atoms with Gasteiger partial charge in [0.05, 0.1) is 11.3 Å². The SMILES string of the molecule is O=C(Nc1ccccc1)c1n[nH]cc1-c1ccccn1. The number of H-pyrrole nitrogens is 1. The predicted octanol–water partition coefficient (Wildman–Crippen LogP) is 2.72. The number of carbonyl (C=O) groups excluding carboxylic acids is 1. The molecule has 0 saturated heterocycles. The summed E-state index contributed by atoms with van der Waals surface area (Å²) in [6.45, 7) is 0. The van der Waals surface area contributed by atoms with E-state index >= 15 is 0 Å². The zero-order valence-electron chi connectivity index (χ0n) is 10.6. The van der Waals surface area contributed by atoms with Gasteiger partial charge in [0.2, 0.25) is 0 Å². The second-order valence-electron chi connectivity index (χ2n) is 4.18. The smallest absolute Gasteiger partial charge is 0.276 e. The lowest BCUT2D eigenvalue weighted by atomic mass is 10.1. The van der Waals surface area contributed by atoms with E-state index in [0.29, 0.717) is 17.0 Å². The summed E-state index contributed by atoms with van der Waals surface area (Å²) in [4.78, 5) is 16.5. The molecule has 1 amide bonds. The molecule has 5 nitrogen and oxygen atoms in total. The van der Waals surface area contributed by atoms with Gasteiger partial charge in [-0.05, 0) is 24.3 Å². The summed E-state index contributed by atoms with van der Waals surface area (Å²) in [6, 6.07) is 14.8. The van der Waals surface area contributed by atoms with Crippen LogP contribution >= 0.6 is 0 Å². The number of anilines is 1. The highest BCUT2D eigenvalue weighted by Gasteiger charge is 2.16. The first kappa shape index (κ1) is 12.1. The summed E-state index contributed by atoms with van der Waals surface area (Å²) >= 11 is 0. The lowest BCUT2D eigenvalue weighted by molar-refractivity contribution is 0.102. The van der Waals surface area contributed by atoms with Crippen molar-refractivity contribution in [2.24, 2.45) is 0 Å². The Morgan fingerprint density at radius 1 is 1.05 bits per heavy atom. The fourth-order valence-corrected chi connectivity index (χ4v) is 1.89. The normalized spacial score (nSPS) is 10.2. The van der Waals surface area contributed by atoms with Crippen molar-refractivity contribution in [2.45, 2.75) is 0 Å². The standard InChI is InChI=1S/C15H12N4O/c20-15(18-11-6-2-1-3-7-11)14-12(10-17-19-14)13-8-4-5-9-16-13/h1-10H,(H,17,19)(H,18,20). The molecule has 0 aliphatic heterocycles. The van der Waals surface area contributed by atoms with E-state index < -0.39 is 0 Å². The Labute approximate surface area is 115 Å². The quantitative estimate of drug-likeness (QED) is 0.764. The second kappa shape index (κ2) is 5.36. The summed E-state index contributed by atoms with van der Waals surface area (Å²) in [5, 5.41) is 9.53. The fourth-order valence-electron chi connectivity index (χ4n) is 1.89. The summed E-state index contributed by atoms with van der Waals surface area (Å²) < 4.78 is 0. The van der Waals surface area contributed by atoms with Gasteiger partial charge in [0.25, 0.3) is 5.91 Å². The zero-order valence-corrected chi connectivity index (χ0v) is 10.6. The van der Waals surface area contributed by atoms with Gasteiger partial charge in [0, 0.05) is 18.1 Å². The molecule has 0 atom stereocenters. The number of nitrogens with zero attached hydrogens (tertiary/aromatic N) is 2. The minimum absolute atomic E-state index is 0.266. The Balaban J connectivity index is 1.88. The third kappa shape index (κ3) is 2.42. The Morgan fingerprint density at radius 3 is 2.60 bits per heavy atom. The lowest BCUT2D eigenvalue weighted by Gasteiger charge is -2.04. The fraction of sp³-hybridized carbons (Fsp3) is 0. The number of hydrogen-bond donors (Lipinski definition) is 2. The Hall–Kier alpha value is -2.95. The summed E-state index contributed by atoms with van der Waals surface area (Å²) in [5.41, 5.74) is 2.44. The van der Waals surface area contributed by atoms with E-state index in [1.807, 2.05) is 48.5 Å². The van der Waals surface area contributed by atoms with Crippen LogP contribution in [0.1, 0.15) is 10.5 Å². The molecular weight excluding hydrogens is 252 g/mol. The molecule has 2 N–H and O–H groups in total. The number of hydrogen-bond acceptors (Lipinski definition) is 3. The third-order valence-electron chi connectivity index (χ3n) is 2.83. The monoisotopic (exact) mass is 264 g/mol. The molecule has 1 aromatic carbocycles. The molecule has 0 aliphatic carbocycles. The number of nitrogens with one attached hydrogen (secondary N) is 2. The number of para-hydroxylation sites is 1. The molecule has 2 heterocycles. The molecule has 0 bridgehead atoms. The van der Waals surface area contributed by atoms with Crippen molar-refractivity contribution in [3.63, 3.8) is 0 Å². The Morgan fingerprint density at radius 2 is 1.85 bits per heavy atom. The maximum Gasteiger partial charge on any atom is 0.276 e. The van der Waals surface area contributed by atoms with Crippen LogP contribution in [-0.4, -0.2) is 21.1 Å².